The van der Waals surface area contributed by atoms with Crippen LogP contribution in [0.3, 0.4) is 0 Å². The molecule has 0 spiro atoms. The Hall–Kier alpha value is -3.99. The molecule has 0 unspecified atom stereocenters. The normalized spacial score (nSPS) is 14.7. The van der Waals surface area contributed by atoms with Gasteiger partial charge >= 0.3 is 12.2 Å². The number of aromatic nitrogens is 4. The topological polar surface area (TPSA) is 110 Å². The molecule has 2 amide bonds. The zero-order chi connectivity index (χ0) is 24.1. The molecule has 3 heterocycles. The number of hydrogen-bond acceptors (Lipinski definition) is 5. The Morgan fingerprint density at radius 1 is 1.12 bits per heavy atom. The van der Waals surface area contributed by atoms with Gasteiger partial charge in [0.25, 0.3) is 0 Å². The van der Waals surface area contributed by atoms with E-state index in [4.69, 9.17) is 5.73 Å². The van der Waals surface area contributed by atoms with E-state index in [0.717, 1.165) is 59.1 Å². The number of carbonyl (C=O) groups is 1. The minimum Gasteiger partial charge on any atom is -0.320 e. The summed E-state index contributed by atoms with van der Waals surface area (Å²) in [6, 6.07) is 7.99. The lowest BCUT2D eigenvalue weighted by Gasteiger charge is -2.12. The van der Waals surface area contributed by atoms with Crippen LogP contribution in [0.5, 0.6) is 0 Å². The number of nitrogens with zero attached hydrogens (tertiary/aromatic N) is 4. The number of pyridine rings is 1. The van der Waals surface area contributed by atoms with Crippen LogP contribution in [0.4, 0.5) is 29.5 Å². The van der Waals surface area contributed by atoms with E-state index < -0.39 is 23.3 Å². The molecule has 4 N–H and O–H groups in total. The minimum atomic E-state index is -4.53. The smallest absolute Gasteiger partial charge is 0.320 e. The van der Waals surface area contributed by atoms with Gasteiger partial charge in [0, 0.05) is 23.6 Å². The number of alkyl halides is 3. The summed E-state index contributed by atoms with van der Waals surface area (Å²) < 4.78 is 40.3. The Morgan fingerprint density at radius 3 is 2.53 bits per heavy atom. The Balaban J connectivity index is 1.37. The number of aryl methyl sites for hydroxylation is 1. The first-order chi connectivity index (χ1) is 16.1. The number of halogens is 3. The summed E-state index contributed by atoms with van der Waals surface area (Å²) in [6.45, 7) is 1.98. The van der Waals surface area contributed by atoms with Crippen molar-refractivity contribution < 1.29 is 18.0 Å². The van der Waals surface area contributed by atoms with Gasteiger partial charge in [0.05, 0.1) is 22.3 Å². The van der Waals surface area contributed by atoms with Crippen molar-refractivity contribution in [3.05, 3.63) is 71.9 Å². The standard InChI is InChI=1S/C23H20F3N7O/c1-13-11-33-19(20(29-12-30-33)22(27)7-8-22)18(13)14-2-4-16(5-3-14)31-21(34)32-17-10-15(6-9-28-17)23(24,25)26/h2-6,9-12H,7-8,27H2,1H3,(H2,28,31,32,34). The maximum Gasteiger partial charge on any atom is 0.416 e. The first kappa shape index (κ1) is 21.8. The monoisotopic (exact) mass is 467 g/mol. The zero-order valence-electron chi connectivity index (χ0n) is 18.0. The van der Waals surface area contributed by atoms with E-state index in [-0.39, 0.29) is 5.82 Å². The van der Waals surface area contributed by atoms with Gasteiger partial charge in [-0.2, -0.15) is 18.3 Å². The van der Waals surface area contributed by atoms with E-state index in [0.29, 0.717) is 5.69 Å². The van der Waals surface area contributed by atoms with Crippen molar-refractivity contribution in [1.82, 2.24) is 19.6 Å². The molecule has 3 aromatic heterocycles. The SMILES string of the molecule is Cc1cn2ncnc(C3(N)CC3)c2c1-c1ccc(NC(=O)Nc2cc(C(F)(F)F)ccn2)cc1. The number of urea groups is 1. The largest absolute Gasteiger partial charge is 0.416 e. The second-order valence-electron chi connectivity index (χ2n) is 8.33. The van der Waals surface area contributed by atoms with Gasteiger partial charge in [-0.3, -0.25) is 5.32 Å². The summed E-state index contributed by atoms with van der Waals surface area (Å²) in [5.74, 6) is -0.205. The zero-order valence-corrected chi connectivity index (χ0v) is 18.0. The predicted molar refractivity (Wildman–Crippen MR) is 120 cm³/mol. The number of nitrogens with two attached hydrogens (primary N) is 1. The van der Waals surface area contributed by atoms with Crippen molar-refractivity contribution in [2.75, 3.05) is 10.6 Å². The number of anilines is 2. The van der Waals surface area contributed by atoms with E-state index in [9.17, 15) is 18.0 Å². The van der Waals surface area contributed by atoms with Gasteiger partial charge in [0.1, 0.15) is 12.1 Å². The Bertz CT molecular complexity index is 1390. The lowest BCUT2D eigenvalue weighted by Crippen LogP contribution is -2.22. The number of benzene rings is 1. The molecule has 8 nitrogen and oxygen atoms in total. The molecule has 34 heavy (non-hydrogen) atoms. The van der Waals surface area contributed by atoms with E-state index >= 15 is 0 Å². The van der Waals surface area contributed by atoms with E-state index in [1.807, 2.05) is 25.3 Å². The number of nitrogens with one attached hydrogen (secondary N) is 2. The molecule has 5 rings (SSSR count). The maximum atomic E-state index is 12.9. The number of carbonyl (C=O) groups excluding carboxylic acids is 1. The quantitative estimate of drug-likeness (QED) is 0.403. The van der Waals surface area contributed by atoms with Crippen molar-refractivity contribution in [3.63, 3.8) is 0 Å². The molecule has 11 heteroatoms. The molecule has 1 aromatic carbocycles. The molecule has 0 aliphatic heterocycles. The highest BCUT2D eigenvalue weighted by Gasteiger charge is 2.43. The van der Waals surface area contributed by atoms with Crippen LogP contribution < -0.4 is 16.4 Å². The Morgan fingerprint density at radius 2 is 1.85 bits per heavy atom. The van der Waals surface area contributed by atoms with Crippen LogP contribution in [0.2, 0.25) is 0 Å². The third-order valence-corrected chi connectivity index (χ3v) is 5.78. The summed E-state index contributed by atoms with van der Waals surface area (Å²) in [5, 5.41) is 9.23. The van der Waals surface area contributed by atoms with Crippen molar-refractivity contribution in [2.45, 2.75) is 31.5 Å². The summed E-state index contributed by atoms with van der Waals surface area (Å²) >= 11 is 0. The highest BCUT2D eigenvalue weighted by atomic mass is 19.4. The van der Waals surface area contributed by atoms with Crippen LogP contribution in [0.1, 0.15) is 29.7 Å². The number of amides is 2. The van der Waals surface area contributed by atoms with Crippen LogP contribution in [0, 0.1) is 6.92 Å². The highest BCUT2D eigenvalue weighted by molar-refractivity contribution is 5.99. The van der Waals surface area contributed by atoms with Crippen LogP contribution in [-0.4, -0.2) is 25.6 Å². The van der Waals surface area contributed by atoms with Gasteiger partial charge in [-0.1, -0.05) is 12.1 Å². The van der Waals surface area contributed by atoms with Crippen LogP contribution in [-0.2, 0) is 11.7 Å². The molecular weight excluding hydrogens is 447 g/mol. The van der Waals surface area contributed by atoms with Crippen LogP contribution >= 0.6 is 0 Å². The molecule has 0 saturated heterocycles. The summed E-state index contributed by atoms with van der Waals surface area (Å²) in [7, 11) is 0. The summed E-state index contributed by atoms with van der Waals surface area (Å²) in [5.41, 5.74) is 10.1. The number of fused-ring (bicyclic) bond motifs is 1. The van der Waals surface area contributed by atoms with Gasteiger partial charge in [-0.25, -0.2) is 19.3 Å². The highest BCUT2D eigenvalue weighted by Crippen LogP contribution is 2.45. The Kier molecular flexibility index (Phi) is 5.01. The van der Waals surface area contributed by atoms with Crippen molar-refractivity contribution in [3.8, 4) is 11.1 Å². The molecule has 0 atom stereocenters. The average Bonchev–Trinajstić information content (AvgIpc) is 3.44. The fraction of sp³-hybridized carbons (Fsp3) is 0.217. The minimum absolute atomic E-state index is 0.205. The van der Waals surface area contributed by atoms with E-state index in [1.165, 1.54) is 6.33 Å². The fourth-order valence-corrected chi connectivity index (χ4v) is 3.91. The van der Waals surface area contributed by atoms with Gasteiger partial charge in [-0.05, 0) is 55.2 Å². The average molecular weight is 467 g/mol. The molecule has 1 aliphatic rings. The second-order valence-corrected chi connectivity index (χ2v) is 8.33. The molecule has 1 saturated carbocycles. The number of hydrogen-bond donors (Lipinski definition) is 3. The van der Waals surface area contributed by atoms with E-state index in [1.54, 1.807) is 16.6 Å². The third-order valence-electron chi connectivity index (χ3n) is 5.78. The Labute approximate surface area is 192 Å². The molecular formula is C23H20F3N7O. The van der Waals surface area contributed by atoms with Crippen molar-refractivity contribution in [1.29, 1.82) is 0 Å². The first-order valence-corrected chi connectivity index (χ1v) is 10.5. The molecule has 4 aromatic rings. The lowest BCUT2D eigenvalue weighted by atomic mass is 10.00. The first-order valence-electron chi connectivity index (χ1n) is 10.5. The van der Waals surface area contributed by atoms with Gasteiger partial charge < -0.3 is 11.1 Å². The van der Waals surface area contributed by atoms with Crippen molar-refractivity contribution >= 4 is 23.1 Å². The van der Waals surface area contributed by atoms with Gasteiger partial charge in [-0.15, -0.1) is 0 Å². The molecule has 174 valence electrons. The van der Waals surface area contributed by atoms with Crippen molar-refractivity contribution in [2.24, 2.45) is 5.73 Å². The molecule has 0 bridgehead atoms. The third kappa shape index (κ3) is 4.05. The van der Waals surface area contributed by atoms with Crippen LogP contribution in [0.25, 0.3) is 16.6 Å². The van der Waals surface area contributed by atoms with Crippen LogP contribution in [0.15, 0.2) is 55.1 Å². The molecule has 1 fully saturated rings. The second kappa shape index (κ2) is 7.80. The molecule has 1 aliphatic carbocycles. The number of rotatable bonds is 4. The summed E-state index contributed by atoms with van der Waals surface area (Å²) in [4.78, 5) is 20.5. The van der Waals surface area contributed by atoms with E-state index in [2.05, 4.69) is 25.7 Å². The summed E-state index contributed by atoms with van der Waals surface area (Å²) in [6.07, 6.45) is 1.61. The van der Waals surface area contributed by atoms with Gasteiger partial charge in [0.15, 0.2) is 0 Å². The maximum absolute atomic E-state index is 12.9. The molecule has 0 radical (unpaired) electrons. The predicted octanol–water partition coefficient (Wildman–Crippen LogP) is 4.71. The lowest BCUT2D eigenvalue weighted by molar-refractivity contribution is -0.137. The fourth-order valence-electron chi connectivity index (χ4n) is 3.91. The van der Waals surface area contributed by atoms with Gasteiger partial charge in [0.2, 0.25) is 0 Å².